The number of hydrogen-bond acceptors (Lipinski definition) is 4. The van der Waals surface area contributed by atoms with Crippen LogP contribution in [0.5, 0.6) is 0 Å². The highest BCUT2D eigenvalue weighted by molar-refractivity contribution is 5.84. The van der Waals surface area contributed by atoms with Gasteiger partial charge in [-0.2, -0.15) is 0 Å². The Labute approximate surface area is 150 Å². The Balaban J connectivity index is 2.48. The van der Waals surface area contributed by atoms with Crippen LogP contribution in [0.15, 0.2) is 24.3 Å². The Morgan fingerprint density at radius 1 is 1.28 bits per heavy atom. The third-order valence-corrected chi connectivity index (χ3v) is 4.71. The molecule has 5 heteroatoms. The smallest absolute Gasteiger partial charge is 0.303 e. The van der Waals surface area contributed by atoms with Crippen LogP contribution >= 0.6 is 0 Å². The van der Waals surface area contributed by atoms with Gasteiger partial charge in [0, 0.05) is 24.7 Å². The molecule has 1 fully saturated rings. The van der Waals surface area contributed by atoms with E-state index in [-0.39, 0.29) is 30.5 Å². The normalized spacial score (nSPS) is 25.2. The number of carboxylic acids is 1. The van der Waals surface area contributed by atoms with Crippen molar-refractivity contribution in [1.82, 2.24) is 0 Å². The number of carbonyl (C=O) groups excluding carboxylic acids is 1. The van der Waals surface area contributed by atoms with Gasteiger partial charge in [0.25, 0.3) is 0 Å². The maximum Gasteiger partial charge on any atom is 0.303 e. The van der Waals surface area contributed by atoms with Crippen molar-refractivity contribution in [3.63, 3.8) is 0 Å². The van der Waals surface area contributed by atoms with E-state index >= 15 is 0 Å². The topological polar surface area (TPSA) is 94.8 Å². The molecule has 0 aromatic rings. The molecular formula is C20H32O5. The number of carboxylic acid groups (broad SMARTS) is 1. The lowest BCUT2D eigenvalue weighted by Gasteiger charge is -2.16. The van der Waals surface area contributed by atoms with Gasteiger partial charge >= 0.3 is 5.97 Å². The lowest BCUT2D eigenvalue weighted by Crippen LogP contribution is -2.18. The fraction of sp³-hybridized carbons (Fsp3) is 0.700. The SMILES string of the molecule is CCCCC[C@@H](O)/C=C/[C@@H]1C(C/C=C\CCCC(=O)O)C(=O)C[C@H]1O. The minimum atomic E-state index is -0.801. The van der Waals surface area contributed by atoms with Crippen LogP contribution < -0.4 is 0 Å². The molecule has 0 amide bonds. The number of rotatable bonds is 12. The van der Waals surface area contributed by atoms with Gasteiger partial charge in [0.15, 0.2) is 0 Å². The minimum Gasteiger partial charge on any atom is -0.481 e. The Kier molecular flexibility index (Phi) is 10.3. The van der Waals surface area contributed by atoms with Crippen LogP contribution in [0.1, 0.15) is 64.7 Å². The number of aliphatic carboxylic acids is 1. The highest BCUT2D eigenvalue weighted by atomic mass is 16.4. The highest BCUT2D eigenvalue weighted by Crippen LogP contribution is 2.33. The molecule has 1 saturated carbocycles. The van der Waals surface area contributed by atoms with Gasteiger partial charge in [-0.05, 0) is 25.7 Å². The molecule has 1 aliphatic rings. The monoisotopic (exact) mass is 352 g/mol. The van der Waals surface area contributed by atoms with E-state index in [4.69, 9.17) is 5.11 Å². The summed E-state index contributed by atoms with van der Waals surface area (Å²) >= 11 is 0. The second-order valence-electron chi connectivity index (χ2n) is 6.86. The lowest BCUT2D eigenvalue weighted by molar-refractivity contribution is -0.137. The lowest BCUT2D eigenvalue weighted by atomic mass is 9.90. The Morgan fingerprint density at radius 2 is 2.04 bits per heavy atom. The molecule has 0 saturated heterocycles. The number of ketones is 1. The van der Waals surface area contributed by atoms with Crippen LogP contribution in [-0.4, -0.2) is 39.3 Å². The first-order valence-electron chi connectivity index (χ1n) is 9.39. The van der Waals surface area contributed by atoms with Gasteiger partial charge < -0.3 is 15.3 Å². The highest BCUT2D eigenvalue weighted by Gasteiger charge is 2.39. The van der Waals surface area contributed by atoms with Crippen molar-refractivity contribution in [2.75, 3.05) is 0 Å². The van der Waals surface area contributed by atoms with Gasteiger partial charge in [0.1, 0.15) is 5.78 Å². The van der Waals surface area contributed by atoms with Crippen LogP contribution in [0.4, 0.5) is 0 Å². The van der Waals surface area contributed by atoms with E-state index in [2.05, 4.69) is 6.92 Å². The van der Waals surface area contributed by atoms with Crippen LogP contribution in [0, 0.1) is 11.8 Å². The van der Waals surface area contributed by atoms with E-state index in [0.717, 1.165) is 19.3 Å². The first kappa shape index (κ1) is 21.6. The number of allylic oxidation sites excluding steroid dienone is 2. The zero-order valence-corrected chi connectivity index (χ0v) is 15.1. The number of aliphatic hydroxyl groups excluding tert-OH is 2. The largest absolute Gasteiger partial charge is 0.481 e. The van der Waals surface area contributed by atoms with Gasteiger partial charge in [0.05, 0.1) is 12.2 Å². The van der Waals surface area contributed by atoms with Gasteiger partial charge in [0.2, 0.25) is 0 Å². The molecule has 1 rings (SSSR count). The van der Waals surface area contributed by atoms with Gasteiger partial charge in [-0.25, -0.2) is 0 Å². The Bertz CT molecular complexity index is 469. The maximum absolute atomic E-state index is 12.1. The van der Waals surface area contributed by atoms with E-state index in [1.807, 2.05) is 12.2 Å². The minimum absolute atomic E-state index is 0.0535. The van der Waals surface area contributed by atoms with Crippen LogP contribution in [0.25, 0.3) is 0 Å². The average molecular weight is 352 g/mol. The molecule has 3 N–H and O–H groups in total. The first-order chi connectivity index (χ1) is 12.0. The Morgan fingerprint density at radius 3 is 2.72 bits per heavy atom. The predicted octanol–water partition coefficient (Wildman–Crippen LogP) is 3.25. The van der Waals surface area contributed by atoms with E-state index in [1.54, 1.807) is 12.2 Å². The summed E-state index contributed by atoms with van der Waals surface area (Å²) in [6, 6.07) is 0. The molecule has 142 valence electrons. The summed E-state index contributed by atoms with van der Waals surface area (Å²) in [4.78, 5) is 22.5. The van der Waals surface area contributed by atoms with E-state index in [1.165, 1.54) is 0 Å². The zero-order valence-electron chi connectivity index (χ0n) is 15.1. The second kappa shape index (κ2) is 12.0. The van der Waals surface area contributed by atoms with E-state index < -0.39 is 18.2 Å². The molecule has 5 nitrogen and oxygen atoms in total. The van der Waals surface area contributed by atoms with Crippen molar-refractivity contribution in [2.24, 2.45) is 11.8 Å². The van der Waals surface area contributed by atoms with E-state index in [9.17, 15) is 19.8 Å². The summed E-state index contributed by atoms with van der Waals surface area (Å²) in [5, 5.41) is 28.7. The van der Waals surface area contributed by atoms with Crippen molar-refractivity contribution in [3.05, 3.63) is 24.3 Å². The van der Waals surface area contributed by atoms with Crippen LogP contribution in [-0.2, 0) is 9.59 Å². The fourth-order valence-corrected chi connectivity index (χ4v) is 3.22. The maximum atomic E-state index is 12.1. The summed E-state index contributed by atoms with van der Waals surface area (Å²) in [5.74, 6) is -1.26. The van der Waals surface area contributed by atoms with Crippen molar-refractivity contribution < 1.29 is 24.9 Å². The summed E-state index contributed by atoms with van der Waals surface area (Å²) < 4.78 is 0. The van der Waals surface area contributed by atoms with Crippen LogP contribution in [0.2, 0.25) is 0 Å². The summed E-state index contributed by atoms with van der Waals surface area (Å²) in [7, 11) is 0. The molecule has 1 aliphatic carbocycles. The first-order valence-corrected chi connectivity index (χ1v) is 9.39. The van der Waals surface area contributed by atoms with Gasteiger partial charge in [-0.15, -0.1) is 0 Å². The quantitative estimate of drug-likeness (QED) is 0.370. The molecule has 25 heavy (non-hydrogen) atoms. The molecule has 0 aromatic heterocycles. The molecule has 0 bridgehead atoms. The summed E-state index contributed by atoms with van der Waals surface area (Å²) in [6.07, 6.45) is 12.1. The summed E-state index contributed by atoms with van der Waals surface area (Å²) in [5.41, 5.74) is 0. The standard InChI is InChI=1S/C20H32O5/c1-2-3-6-9-15(21)12-13-17-16(18(22)14-19(17)23)10-7-4-5-8-11-20(24)25/h4,7,12-13,15-17,19,21,23H,2-3,5-6,8-11,14H2,1H3,(H,24,25)/b7-4-,13-12+/t15-,16?,17-,19-/m1/s1. The van der Waals surface area contributed by atoms with Gasteiger partial charge in [-0.1, -0.05) is 50.5 Å². The number of hydrogen-bond donors (Lipinski definition) is 3. The Hall–Kier alpha value is -1.46. The fourth-order valence-electron chi connectivity index (χ4n) is 3.22. The molecular weight excluding hydrogens is 320 g/mol. The van der Waals surface area contributed by atoms with Crippen molar-refractivity contribution in [3.8, 4) is 0 Å². The van der Waals surface area contributed by atoms with Crippen molar-refractivity contribution in [1.29, 1.82) is 0 Å². The second-order valence-corrected chi connectivity index (χ2v) is 6.86. The molecule has 0 aliphatic heterocycles. The number of carbonyl (C=O) groups is 2. The zero-order chi connectivity index (χ0) is 18.7. The van der Waals surface area contributed by atoms with E-state index in [0.29, 0.717) is 25.7 Å². The molecule has 0 aromatic carbocycles. The molecule has 0 heterocycles. The number of unbranched alkanes of at least 4 members (excludes halogenated alkanes) is 3. The van der Waals surface area contributed by atoms with Crippen molar-refractivity contribution in [2.45, 2.75) is 76.9 Å². The molecule has 4 atom stereocenters. The number of aliphatic hydroxyl groups is 2. The van der Waals surface area contributed by atoms with Gasteiger partial charge in [-0.3, -0.25) is 9.59 Å². The molecule has 0 radical (unpaired) electrons. The third kappa shape index (κ3) is 8.45. The average Bonchev–Trinajstić information content (AvgIpc) is 2.82. The number of Topliss-reactive ketones (excluding diaryl/α,β-unsaturated/α-hetero) is 1. The summed E-state index contributed by atoms with van der Waals surface area (Å²) in [6.45, 7) is 2.11. The van der Waals surface area contributed by atoms with Crippen LogP contribution in [0.3, 0.4) is 0 Å². The van der Waals surface area contributed by atoms with Crippen molar-refractivity contribution >= 4 is 11.8 Å². The third-order valence-electron chi connectivity index (χ3n) is 4.71. The molecule has 0 spiro atoms. The molecule has 1 unspecified atom stereocenters. The predicted molar refractivity (Wildman–Crippen MR) is 97.1 cm³/mol.